The van der Waals surface area contributed by atoms with Gasteiger partial charge in [0.1, 0.15) is 5.69 Å². The zero-order valence-corrected chi connectivity index (χ0v) is 9.00. The van der Waals surface area contributed by atoms with Gasteiger partial charge >= 0.3 is 6.18 Å². The Morgan fingerprint density at radius 2 is 1.76 bits per heavy atom. The van der Waals surface area contributed by atoms with E-state index in [0.717, 1.165) is 12.3 Å². The Balaban J connectivity index is 2.33. The quantitative estimate of drug-likeness (QED) is 0.789. The molecule has 0 N–H and O–H groups in total. The smallest absolute Gasteiger partial charge is 0.251 e. The van der Waals surface area contributed by atoms with Crippen LogP contribution in [0.15, 0.2) is 30.5 Å². The van der Waals surface area contributed by atoms with Gasteiger partial charge in [-0.3, -0.25) is 4.98 Å². The van der Waals surface area contributed by atoms with E-state index < -0.39 is 11.9 Å². The first-order valence-corrected chi connectivity index (χ1v) is 4.87. The van der Waals surface area contributed by atoms with Gasteiger partial charge in [0.05, 0.1) is 5.69 Å². The third-order valence-corrected chi connectivity index (χ3v) is 2.18. The van der Waals surface area contributed by atoms with Crippen LogP contribution in [0.2, 0.25) is 5.15 Å². The van der Waals surface area contributed by atoms with Gasteiger partial charge in [-0.25, -0.2) is 0 Å². The van der Waals surface area contributed by atoms with Crippen molar-refractivity contribution in [1.82, 2.24) is 15.2 Å². The van der Waals surface area contributed by atoms with Gasteiger partial charge in [0.15, 0.2) is 5.15 Å². The lowest BCUT2D eigenvalue weighted by molar-refractivity contribution is -0.141. The second kappa shape index (κ2) is 4.29. The average molecular weight is 260 g/mol. The van der Waals surface area contributed by atoms with Crippen molar-refractivity contribution in [3.05, 3.63) is 41.3 Å². The predicted molar refractivity (Wildman–Crippen MR) is 55.3 cm³/mol. The molecule has 2 rings (SSSR count). The molecule has 0 saturated heterocycles. The summed E-state index contributed by atoms with van der Waals surface area (Å²) in [6, 6.07) is 5.24. The van der Waals surface area contributed by atoms with Crippen molar-refractivity contribution in [3.8, 4) is 11.3 Å². The zero-order chi connectivity index (χ0) is 12.5. The molecule has 7 heteroatoms. The van der Waals surface area contributed by atoms with Crippen molar-refractivity contribution in [2.75, 3.05) is 0 Å². The molecule has 0 aliphatic carbocycles. The Labute approximate surface area is 99.3 Å². The van der Waals surface area contributed by atoms with E-state index in [2.05, 4.69) is 15.2 Å². The summed E-state index contributed by atoms with van der Waals surface area (Å²) in [4.78, 5) is 3.32. The minimum Gasteiger partial charge on any atom is -0.251 e. The summed E-state index contributed by atoms with van der Waals surface area (Å²) >= 11 is 5.55. The van der Waals surface area contributed by atoms with Crippen molar-refractivity contribution in [2.24, 2.45) is 0 Å². The Bertz CT molecular complexity index is 508. The molecule has 0 saturated carbocycles. The van der Waals surface area contributed by atoms with Crippen molar-refractivity contribution in [1.29, 1.82) is 0 Å². The highest BCUT2D eigenvalue weighted by Gasteiger charge is 2.32. The maximum Gasteiger partial charge on any atom is 0.433 e. The summed E-state index contributed by atoms with van der Waals surface area (Å²) < 4.78 is 36.8. The highest BCUT2D eigenvalue weighted by Crippen LogP contribution is 2.28. The number of hydrogen-bond acceptors (Lipinski definition) is 3. The van der Waals surface area contributed by atoms with Gasteiger partial charge in [-0.05, 0) is 24.3 Å². The molecule has 2 heterocycles. The molecule has 0 unspecified atom stereocenters. The first-order chi connectivity index (χ1) is 7.97. The van der Waals surface area contributed by atoms with Crippen LogP contribution in [0.25, 0.3) is 11.3 Å². The molecule has 0 aliphatic rings. The molecule has 0 fully saturated rings. The third kappa shape index (κ3) is 2.71. The maximum absolute atomic E-state index is 12.3. The van der Waals surface area contributed by atoms with Crippen molar-refractivity contribution in [2.45, 2.75) is 6.18 Å². The van der Waals surface area contributed by atoms with E-state index in [1.165, 1.54) is 12.1 Å². The Kier molecular flexibility index (Phi) is 2.97. The lowest BCUT2D eigenvalue weighted by Gasteiger charge is -2.05. The van der Waals surface area contributed by atoms with Gasteiger partial charge < -0.3 is 0 Å². The van der Waals surface area contributed by atoms with E-state index in [9.17, 15) is 13.2 Å². The normalized spacial score (nSPS) is 11.5. The molecule has 0 aromatic carbocycles. The van der Waals surface area contributed by atoms with E-state index in [1.807, 2.05) is 0 Å². The van der Waals surface area contributed by atoms with Gasteiger partial charge in [-0.2, -0.15) is 13.2 Å². The van der Waals surface area contributed by atoms with Crippen LogP contribution in [0, 0.1) is 0 Å². The van der Waals surface area contributed by atoms with Crippen LogP contribution in [0.4, 0.5) is 13.2 Å². The molecular weight excluding hydrogens is 255 g/mol. The first kappa shape index (κ1) is 11.8. The summed E-state index contributed by atoms with van der Waals surface area (Å²) in [5, 5.41) is 7.55. The van der Waals surface area contributed by atoms with E-state index in [4.69, 9.17) is 11.6 Å². The number of pyridine rings is 1. The molecule has 0 atom stereocenters. The lowest BCUT2D eigenvalue weighted by Crippen LogP contribution is -2.07. The summed E-state index contributed by atoms with van der Waals surface area (Å²) in [6.07, 6.45) is -3.34. The SMILES string of the molecule is FC(F)(F)c1ccc(-c2ccc(Cl)nn2)cn1. The minimum absolute atomic E-state index is 0.216. The Morgan fingerprint density at radius 3 is 2.24 bits per heavy atom. The fourth-order valence-corrected chi connectivity index (χ4v) is 1.28. The number of aromatic nitrogens is 3. The van der Waals surface area contributed by atoms with Gasteiger partial charge in [0, 0.05) is 11.8 Å². The molecule has 0 radical (unpaired) electrons. The minimum atomic E-state index is -4.44. The number of rotatable bonds is 1. The van der Waals surface area contributed by atoms with E-state index >= 15 is 0 Å². The molecule has 0 amide bonds. The van der Waals surface area contributed by atoms with Gasteiger partial charge in [0.25, 0.3) is 0 Å². The van der Waals surface area contributed by atoms with E-state index in [-0.39, 0.29) is 5.15 Å². The van der Waals surface area contributed by atoms with Crippen LogP contribution in [0.1, 0.15) is 5.69 Å². The summed E-state index contributed by atoms with van der Waals surface area (Å²) in [7, 11) is 0. The molecule has 2 aromatic rings. The zero-order valence-electron chi connectivity index (χ0n) is 8.24. The van der Waals surface area contributed by atoms with E-state index in [1.54, 1.807) is 6.07 Å². The van der Waals surface area contributed by atoms with Crippen LogP contribution < -0.4 is 0 Å². The molecule has 0 spiro atoms. The summed E-state index contributed by atoms with van der Waals surface area (Å²) in [6.45, 7) is 0. The van der Waals surface area contributed by atoms with Gasteiger partial charge in [0.2, 0.25) is 0 Å². The predicted octanol–water partition coefficient (Wildman–Crippen LogP) is 3.21. The number of hydrogen-bond donors (Lipinski definition) is 0. The molecule has 2 aromatic heterocycles. The molecule has 17 heavy (non-hydrogen) atoms. The average Bonchev–Trinajstić information content (AvgIpc) is 2.29. The number of alkyl halides is 3. The highest BCUT2D eigenvalue weighted by molar-refractivity contribution is 6.29. The van der Waals surface area contributed by atoms with Crippen LogP contribution in [-0.4, -0.2) is 15.2 Å². The standard InChI is InChI=1S/C10H5ClF3N3/c11-9-4-2-7(16-17-9)6-1-3-8(15-5-6)10(12,13)14/h1-5H. The van der Waals surface area contributed by atoms with E-state index in [0.29, 0.717) is 11.3 Å². The first-order valence-electron chi connectivity index (χ1n) is 4.49. The second-order valence-corrected chi connectivity index (χ2v) is 3.56. The number of nitrogens with zero attached hydrogens (tertiary/aromatic N) is 3. The van der Waals surface area contributed by atoms with Crippen LogP contribution in [-0.2, 0) is 6.18 Å². The second-order valence-electron chi connectivity index (χ2n) is 3.17. The van der Waals surface area contributed by atoms with Crippen molar-refractivity contribution < 1.29 is 13.2 Å². The maximum atomic E-state index is 12.3. The summed E-state index contributed by atoms with van der Waals surface area (Å²) in [5.41, 5.74) is -0.0824. The summed E-state index contributed by atoms with van der Waals surface area (Å²) in [5.74, 6) is 0. The Morgan fingerprint density at radius 1 is 1.00 bits per heavy atom. The number of halogens is 4. The Hall–Kier alpha value is -1.69. The highest BCUT2D eigenvalue weighted by atomic mass is 35.5. The fraction of sp³-hybridized carbons (Fsp3) is 0.100. The largest absolute Gasteiger partial charge is 0.433 e. The molecule has 0 bridgehead atoms. The van der Waals surface area contributed by atoms with Crippen LogP contribution in [0.3, 0.4) is 0 Å². The third-order valence-electron chi connectivity index (χ3n) is 1.98. The van der Waals surface area contributed by atoms with Gasteiger partial charge in [-0.1, -0.05) is 11.6 Å². The monoisotopic (exact) mass is 259 g/mol. The van der Waals surface area contributed by atoms with Crippen LogP contribution in [0.5, 0.6) is 0 Å². The molecule has 3 nitrogen and oxygen atoms in total. The lowest BCUT2D eigenvalue weighted by atomic mass is 10.2. The fourth-order valence-electron chi connectivity index (χ4n) is 1.18. The van der Waals surface area contributed by atoms with Gasteiger partial charge in [-0.15, -0.1) is 10.2 Å². The topological polar surface area (TPSA) is 38.7 Å². The van der Waals surface area contributed by atoms with Crippen LogP contribution >= 0.6 is 11.6 Å². The molecular formula is C10H5ClF3N3. The van der Waals surface area contributed by atoms with Crippen molar-refractivity contribution >= 4 is 11.6 Å². The molecule has 88 valence electrons. The van der Waals surface area contributed by atoms with Crippen molar-refractivity contribution in [3.63, 3.8) is 0 Å². The molecule has 0 aliphatic heterocycles.